The molecule has 3 heteroatoms. The Labute approximate surface area is 115 Å². The normalized spacial score (nSPS) is 11.6. The van der Waals surface area contributed by atoms with Crippen molar-refractivity contribution in [3.63, 3.8) is 0 Å². The van der Waals surface area contributed by atoms with E-state index in [0.717, 1.165) is 0 Å². The molecule has 0 spiro atoms. The van der Waals surface area contributed by atoms with E-state index in [4.69, 9.17) is 4.42 Å². The number of ketones is 1. The summed E-state index contributed by atoms with van der Waals surface area (Å²) < 4.78 is 5.83. The van der Waals surface area contributed by atoms with E-state index in [1.165, 1.54) is 5.56 Å². The van der Waals surface area contributed by atoms with Crippen LogP contribution in [0.4, 0.5) is 0 Å². The summed E-state index contributed by atoms with van der Waals surface area (Å²) in [4.78, 5) is 12.1. The average Bonchev–Trinajstić information content (AvgIpc) is 2.74. The highest BCUT2D eigenvalue weighted by Gasteiger charge is 2.16. The van der Waals surface area contributed by atoms with Gasteiger partial charge in [0.05, 0.1) is 0 Å². The van der Waals surface area contributed by atoms with Crippen molar-refractivity contribution in [1.82, 2.24) is 0 Å². The van der Waals surface area contributed by atoms with Crippen molar-refractivity contribution in [3.8, 4) is 0 Å². The number of halogens is 1. The van der Waals surface area contributed by atoms with E-state index in [1.54, 1.807) is 12.1 Å². The van der Waals surface area contributed by atoms with Crippen LogP contribution in [0.1, 0.15) is 42.5 Å². The molecule has 2 rings (SSSR count). The fourth-order valence-corrected chi connectivity index (χ4v) is 2.01. The molecule has 0 aliphatic rings. The molecule has 0 bridgehead atoms. The van der Waals surface area contributed by atoms with Gasteiger partial charge in [-0.25, -0.2) is 0 Å². The zero-order chi connectivity index (χ0) is 13.3. The molecule has 0 aliphatic carbocycles. The first-order chi connectivity index (χ1) is 8.38. The highest BCUT2D eigenvalue weighted by molar-refractivity contribution is 9.10. The summed E-state index contributed by atoms with van der Waals surface area (Å²) in [6, 6.07) is 11.1. The molecule has 1 aromatic carbocycles. The van der Waals surface area contributed by atoms with Gasteiger partial charge in [-0.15, -0.1) is 0 Å². The monoisotopic (exact) mass is 306 g/mol. The average molecular weight is 307 g/mol. The minimum Gasteiger partial charge on any atom is -0.446 e. The second-order valence-corrected chi connectivity index (χ2v) is 6.04. The van der Waals surface area contributed by atoms with Crippen molar-refractivity contribution in [2.45, 2.75) is 26.2 Å². The molecule has 1 heterocycles. The second kappa shape index (κ2) is 4.73. The molecule has 2 nitrogen and oxygen atoms in total. The van der Waals surface area contributed by atoms with Crippen LogP contribution >= 0.6 is 15.9 Å². The third-order valence-electron chi connectivity index (χ3n) is 2.81. The Morgan fingerprint density at radius 1 is 1.06 bits per heavy atom. The summed E-state index contributed by atoms with van der Waals surface area (Å²) >= 11 is 3.19. The highest BCUT2D eigenvalue weighted by atomic mass is 79.9. The second-order valence-electron chi connectivity index (χ2n) is 5.26. The first-order valence-corrected chi connectivity index (χ1v) is 6.58. The van der Waals surface area contributed by atoms with Crippen LogP contribution < -0.4 is 0 Å². The van der Waals surface area contributed by atoms with E-state index < -0.39 is 0 Å². The number of furan rings is 1. The number of rotatable bonds is 2. The van der Waals surface area contributed by atoms with Gasteiger partial charge >= 0.3 is 0 Å². The molecule has 0 saturated carbocycles. The number of hydrogen-bond acceptors (Lipinski definition) is 2. The van der Waals surface area contributed by atoms with E-state index in [1.807, 2.05) is 24.3 Å². The largest absolute Gasteiger partial charge is 0.446 e. The van der Waals surface area contributed by atoms with Crippen molar-refractivity contribution >= 4 is 21.7 Å². The minimum absolute atomic E-state index is 0.0925. The Kier molecular flexibility index (Phi) is 3.44. The molecule has 0 amide bonds. The third kappa shape index (κ3) is 2.72. The maximum atomic E-state index is 12.1. The third-order valence-corrected chi connectivity index (χ3v) is 3.24. The molecule has 0 fully saturated rings. The Balaban J connectivity index is 2.28. The summed E-state index contributed by atoms with van der Waals surface area (Å²) in [5.41, 5.74) is 1.94. The van der Waals surface area contributed by atoms with Gasteiger partial charge in [-0.2, -0.15) is 0 Å². The number of benzene rings is 1. The summed E-state index contributed by atoms with van der Waals surface area (Å²) in [6.45, 7) is 6.44. The minimum atomic E-state index is -0.0961. The maximum Gasteiger partial charge on any atom is 0.228 e. The molecule has 0 saturated heterocycles. The SMILES string of the molecule is CC(C)(C)c1ccc(C(=O)c2ccc(Br)o2)cc1. The van der Waals surface area contributed by atoms with Gasteiger partial charge in [0.15, 0.2) is 10.4 Å². The molecule has 18 heavy (non-hydrogen) atoms. The molecule has 0 radical (unpaired) electrons. The topological polar surface area (TPSA) is 30.2 Å². The quantitative estimate of drug-likeness (QED) is 0.761. The zero-order valence-corrected chi connectivity index (χ0v) is 12.2. The van der Waals surface area contributed by atoms with Gasteiger partial charge in [0.2, 0.25) is 5.78 Å². The van der Waals surface area contributed by atoms with E-state index in [2.05, 4.69) is 36.7 Å². The van der Waals surface area contributed by atoms with Gasteiger partial charge in [0.25, 0.3) is 0 Å². The van der Waals surface area contributed by atoms with E-state index >= 15 is 0 Å². The van der Waals surface area contributed by atoms with Crippen molar-refractivity contribution in [2.75, 3.05) is 0 Å². The van der Waals surface area contributed by atoms with Crippen LogP contribution in [0.5, 0.6) is 0 Å². The fraction of sp³-hybridized carbons (Fsp3) is 0.267. The lowest BCUT2D eigenvalue weighted by atomic mass is 9.86. The van der Waals surface area contributed by atoms with Crippen molar-refractivity contribution < 1.29 is 9.21 Å². The summed E-state index contributed by atoms with van der Waals surface area (Å²) in [5.74, 6) is 0.256. The Bertz CT molecular complexity index is 559. The Hall–Kier alpha value is -1.35. The summed E-state index contributed by atoms with van der Waals surface area (Å²) in [7, 11) is 0. The molecule has 0 atom stereocenters. The smallest absolute Gasteiger partial charge is 0.228 e. The van der Waals surface area contributed by atoms with Gasteiger partial charge in [-0.1, -0.05) is 45.0 Å². The molecular weight excluding hydrogens is 292 g/mol. The lowest BCUT2D eigenvalue weighted by Crippen LogP contribution is -2.11. The van der Waals surface area contributed by atoms with Crippen molar-refractivity contribution in [3.05, 3.63) is 58.0 Å². The molecule has 1 aromatic heterocycles. The van der Waals surface area contributed by atoms with Crippen LogP contribution in [-0.4, -0.2) is 5.78 Å². The molecule has 0 unspecified atom stereocenters. The molecule has 0 aliphatic heterocycles. The van der Waals surface area contributed by atoms with Crippen LogP contribution in [0.3, 0.4) is 0 Å². The maximum absolute atomic E-state index is 12.1. The van der Waals surface area contributed by atoms with Crippen LogP contribution in [0.25, 0.3) is 0 Å². The van der Waals surface area contributed by atoms with Gasteiger partial charge < -0.3 is 4.42 Å². The lowest BCUT2D eigenvalue weighted by molar-refractivity contribution is 0.101. The first kappa shape index (κ1) is 13.1. The molecule has 94 valence electrons. The van der Waals surface area contributed by atoms with Gasteiger partial charge in [-0.05, 0) is 39.0 Å². The van der Waals surface area contributed by atoms with Gasteiger partial charge in [0, 0.05) is 5.56 Å². The van der Waals surface area contributed by atoms with Crippen LogP contribution in [0, 0.1) is 0 Å². The molecule has 2 aromatic rings. The number of carbonyl (C=O) groups is 1. The molecule has 0 N–H and O–H groups in total. The standard InChI is InChI=1S/C15H15BrO2/c1-15(2,3)11-6-4-10(5-7-11)14(17)12-8-9-13(16)18-12/h4-9H,1-3H3. The van der Waals surface area contributed by atoms with Gasteiger partial charge in [-0.3, -0.25) is 4.79 Å². The fourth-order valence-electron chi connectivity index (χ4n) is 1.70. The van der Waals surface area contributed by atoms with E-state index in [-0.39, 0.29) is 11.2 Å². The van der Waals surface area contributed by atoms with Crippen LogP contribution in [0.15, 0.2) is 45.5 Å². The Morgan fingerprint density at radius 2 is 1.67 bits per heavy atom. The predicted molar refractivity (Wildman–Crippen MR) is 75.0 cm³/mol. The van der Waals surface area contributed by atoms with Crippen molar-refractivity contribution in [1.29, 1.82) is 0 Å². The summed E-state index contributed by atoms with van der Waals surface area (Å²) in [5, 5.41) is 0. The zero-order valence-electron chi connectivity index (χ0n) is 10.7. The Morgan fingerprint density at radius 3 is 2.11 bits per heavy atom. The number of hydrogen-bond donors (Lipinski definition) is 0. The summed E-state index contributed by atoms with van der Waals surface area (Å²) in [6.07, 6.45) is 0. The van der Waals surface area contributed by atoms with Crippen LogP contribution in [-0.2, 0) is 5.41 Å². The lowest BCUT2D eigenvalue weighted by Gasteiger charge is -2.18. The predicted octanol–water partition coefficient (Wildman–Crippen LogP) is 4.57. The van der Waals surface area contributed by atoms with Gasteiger partial charge in [0.1, 0.15) is 0 Å². The van der Waals surface area contributed by atoms with Crippen LogP contribution in [0.2, 0.25) is 0 Å². The number of carbonyl (C=O) groups excluding carboxylic acids is 1. The van der Waals surface area contributed by atoms with E-state index in [0.29, 0.717) is 16.0 Å². The highest BCUT2D eigenvalue weighted by Crippen LogP contribution is 2.23. The first-order valence-electron chi connectivity index (χ1n) is 5.78. The van der Waals surface area contributed by atoms with E-state index in [9.17, 15) is 4.79 Å². The van der Waals surface area contributed by atoms with Crippen molar-refractivity contribution in [2.24, 2.45) is 0 Å². The molecular formula is C15H15BrO2.